The number of hydrogen-bond acceptors (Lipinski definition) is 8. The summed E-state index contributed by atoms with van der Waals surface area (Å²) in [4.78, 5) is 29.9. The molecule has 0 radical (unpaired) electrons. The van der Waals surface area contributed by atoms with Gasteiger partial charge in [-0.1, -0.05) is 12.1 Å². The quantitative estimate of drug-likeness (QED) is 0.466. The number of pyridine rings is 1. The van der Waals surface area contributed by atoms with E-state index in [1.54, 1.807) is 25.3 Å². The van der Waals surface area contributed by atoms with E-state index in [1.165, 1.54) is 27.4 Å². The number of nitrogens with zero attached hydrogens (tertiary/aromatic N) is 1. The predicted octanol–water partition coefficient (Wildman–Crippen LogP) is 2.96. The molecule has 9 heteroatoms. The molecule has 34 heavy (non-hydrogen) atoms. The van der Waals surface area contributed by atoms with E-state index in [-0.39, 0.29) is 35.2 Å². The lowest BCUT2D eigenvalue weighted by Gasteiger charge is -2.22. The van der Waals surface area contributed by atoms with Crippen LogP contribution in [0.4, 0.5) is 0 Å². The fourth-order valence-corrected chi connectivity index (χ4v) is 3.83. The normalized spacial score (nSPS) is 11.5. The van der Waals surface area contributed by atoms with Gasteiger partial charge in [0.15, 0.2) is 11.5 Å². The molecule has 3 rings (SSSR count). The molecule has 0 bridgehead atoms. The van der Waals surface area contributed by atoms with Crippen LogP contribution in [0.25, 0.3) is 0 Å². The van der Waals surface area contributed by atoms with Crippen LogP contribution in [0.5, 0.6) is 23.0 Å². The zero-order chi connectivity index (χ0) is 24.7. The molecule has 1 aromatic carbocycles. The second-order valence-corrected chi connectivity index (χ2v) is 7.54. The van der Waals surface area contributed by atoms with Crippen molar-refractivity contribution in [2.45, 2.75) is 25.7 Å². The summed E-state index contributed by atoms with van der Waals surface area (Å²) in [6, 6.07) is 10.2. The Kier molecular flexibility index (Phi) is 8.13. The number of ether oxygens (including phenoxy) is 3. The minimum absolute atomic E-state index is 0.0454. The van der Waals surface area contributed by atoms with E-state index in [1.807, 2.05) is 18.2 Å². The molecule has 2 heterocycles. The molecular weight excluding hydrogens is 440 g/mol. The number of carbonyl (C=O) groups is 1. The van der Waals surface area contributed by atoms with Crippen LogP contribution in [0, 0.1) is 6.92 Å². The molecule has 2 N–H and O–H groups in total. The molecule has 0 spiro atoms. The molecule has 0 aliphatic carbocycles. The van der Waals surface area contributed by atoms with E-state index in [0.717, 1.165) is 5.69 Å². The summed E-state index contributed by atoms with van der Waals surface area (Å²) in [7, 11) is 4.40. The third-order valence-electron chi connectivity index (χ3n) is 5.37. The van der Waals surface area contributed by atoms with Gasteiger partial charge in [-0.2, -0.15) is 0 Å². The Balaban J connectivity index is 1.98. The van der Waals surface area contributed by atoms with Crippen LogP contribution >= 0.6 is 0 Å². The SMILES string of the molecule is COc1ccc([C@@H](CC(=O)NCCc2ccccn2)c2c(O)cc(C)oc2=O)c(OC)c1OC. The number of aromatic nitrogens is 1. The monoisotopic (exact) mass is 468 g/mol. The highest BCUT2D eigenvalue weighted by molar-refractivity contribution is 5.78. The highest BCUT2D eigenvalue weighted by Gasteiger charge is 2.30. The maximum Gasteiger partial charge on any atom is 0.343 e. The van der Waals surface area contributed by atoms with Crippen LogP contribution in [-0.4, -0.2) is 43.9 Å². The van der Waals surface area contributed by atoms with Gasteiger partial charge in [0.05, 0.1) is 26.9 Å². The van der Waals surface area contributed by atoms with Gasteiger partial charge >= 0.3 is 5.63 Å². The first-order valence-corrected chi connectivity index (χ1v) is 10.7. The molecule has 2 aromatic heterocycles. The Morgan fingerprint density at radius 1 is 1.12 bits per heavy atom. The van der Waals surface area contributed by atoms with Gasteiger partial charge < -0.3 is 29.1 Å². The number of aromatic hydroxyl groups is 1. The van der Waals surface area contributed by atoms with E-state index < -0.39 is 11.5 Å². The van der Waals surface area contributed by atoms with Crippen LogP contribution < -0.4 is 25.2 Å². The van der Waals surface area contributed by atoms with Gasteiger partial charge in [0.1, 0.15) is 11.5 Å². The molecule has 0 saturated carbocycles. The first-order valence-electron chi connectivity index (χ1n) is 10.7. The largest absolute Gasteiger partial charge is 0.507 e. The maximum absolute atomic E-state index is 12.9. The van der Waals surface area contributed by atoms with Crippen LogP contribution in [0.1, 0.15) is 34.9 Å². The van der Waals surface area contributed by atoms with Crippen molar-refractivity contribution in [3.63, 3.8) is 0 Å². The van der Waals surface area contributed by atoms with E-state index in [0.29, 0.717) is 30.0 Å². The van der Waals surface area contributed by atoms with Crippen molar-refractivity contribution >= 4 is 5.91 Å². The number of rotatable bonds is 10. The van der Waals surface area contributed by atoms with Gasteiger partial charge in [-0.15, -0.1) is 0 Å². The van der Waals surface area contributed by atoms with E-state index in [4.69, 9.17) is 18.6 Å². The van der Waals surface area contributed by atoms with E-state index >= 15 is 0 Å². The third kappa shape index (κ3) is 5.48. The van der Waals surface area contributed by atoms with Crippen molar-refractivity contribution in [2.75, 3.05) is 27.9 Å². The van der Waals surface area contributed by atoms with Gasteiger partial charge in [-0.05, 0) is 25.1 Å². The van der Waals surface area contributed by atoms with Gasteiger partial charge in [-0.25, -0.2) is 4.79 Å². The van der Waals surface area contributed by atoms with Gasteiger partial charge in [0, 0.05) is 48.8 Å². The summed E-state index contributed by atoms with van der Waals surface area (Å²) in [5.74, 6) is -0.201. The Morgan fingerprint density at radius 3 is 2.50 bits per heavy atom. The molecular formula is C25H28N2O7. The summed E-state index contributed by atoms with van der Waals surface area (Å²) in [6.45, 7) is 1.92. The molecule has 0 saturated heterocycles. The molecule has 0 fully saturated rings. The van der Waals surface area contributed by atoms with Crippen molar-refractivity contribution in [1.82, 2.24) is 10.3 Å². The summed E-state index contributed by atoms with van der Waals surface area (Å²) < 4.78 is 21.6. The number of nitrogens with one attached hydrogen (secondary N) is 1. The molecule has 9 nitrogen and oxygen atoms in total. The average Bonchev–Trinajstić information content (AvgIpc) is 2.82. The van der Waals surface area contributed by atoms with E-state index in [2.05, 4.69) is 10.3 Å². The zero-order valence-electron chi connectivity index (χ0n) is 19.6. The highest BCUT2D eigenvalue weighted by Crippen LogP contribution is 2.45. The van der Waals surface area contributed by atoms with Crippen molar-refractivity contribution in [1.29, 1.82) is 0 Å². The Morgan fingerprint density at radius 2 is 1.88 bits per heavy atom. The van der Waals surface area contributed by atoms with Crippen molar-refractivity contribution < 1.29 is 28.5 Å². The maximum atomic E-state index is 12.9. The van der Waals surface area contributed by atoms with Crippen LogP contribution in [-0.2, 0) is 11.2 Å². The number of hydrogen-bond donors (Lipinski definition) is 2. The summed E-state index contributed by atoms with van der Waals surface area (Å²) in [6.07, 6.45) is 2.10. The molecule has 1 amide bonds. The van der Waals surface area contributed by atoms with Crippen LogP contribution in [0.2, 0.25) is 0 Å². The van der Waals surface area contributed by atoms with Gasteiger partial charge in [0.25, 0.3) is 0 Å². The first kappa shape index (κ1) is 24.6. The van der Waals surface area contributed by atoms with Crippen molar-refractivity contribution in [3.05, 3.63) is 75.6 Å². The van der Waals surface area contributed by atoms with E-state index in [9.17, 15) is 14.7 Å². The second-order valence-electron chi connectivity index (χ2n) is 7.54. The molecule has 0 unspecified atom stereocenters. The standard InChI is InChI=1S/C25H28N2O7/c1-15-13-19(28)22(25(30)34-15)18(14-21(29)27-12-10-16-7-5-6-11-26-16)17-8-9-20(31-2)24(33-4)23(17)32-3/h5-9,11,13,18,28H,10,12,14H2,1-4H3,(H,27,29)/t18-/m1/s1. The number of benzene rings is 1. The Labute approximate surface area is 197 Å². The minimum atomic E-state index is -0.874. The topological polar surface area (TPSA) is 120 Å². The molecule has 3 aromatic rings. The third-order valence-corrected chi connectivity index (χ3v) is 5.37. The lowest BCUT2D eigenvalue weighted by molar-refractivity contribution is -0.121. The molecule has 0 aliphatic heterocycles. The number of carbonyl (C=O) groups excluding carboxylic acids is 1. The average molecular weight is 469 g/mol. The summed E-state index contributed by atoms with van der Waals surface area (Å²) >= 11 is 0. The fraction of sp³-hybridized carbons (Fsp3) is 0.320. The summed E-state index contributed by atoms with van der Waals surface area (Å²) in [5, 5.41) is 13.5. The summed E-state index contributed by atoms with van der Waals surface area (Å²) in [5.41, 5.74) is 0.529. The number of amides is 1. The minimum Gasteiger partial charge on any atom is -0.507 e. The van der Waals surface area contributed by atoms with Crippen molar-refractivity contribution in [3.8, 4) is 23.0 Å². The molecule has 1 atom stereocenters. The lowest BCUT2D eigenvalue weighted by Crippen LogP contribution is -2.29. The Bertz CT molecular complexity index is 1190. The number of methoxy groups -OCH3 is 3. The molecule has 0 aliphatic rings. The highest BCUT2D eigenvalue weighted by atomic mass is 16.5. The Hall–Kier alpha value is -4.01. The van der Waals surface area contributed by atoms with Gasteiger partial charge in [0.2, 0.25) is 11.7 Å². The second kappa shape index (κ2) is 11.2. The predicted molar refractivity (Wildman–Crippen MR) is 125 cm³/mol. The first-order chi connectivity index (χ1) is 16.4. The smallest absolute Gasteiger partial charge is 0.343 e. The fourth-order valence-electron chi connectivity index (χ4n) is 3.83. The van der Waals surface area contributed by atoms with Gasteiger partial charge in [-0.3, -0.25) is 9.78 Å². The van der Waals surface area contributed by atoms with Crippen molar-refractivity contribution in [2.24, 2.45) is 0 Å². The van der Waals surface area contributed by atoms with Crippen LogP contribution in [0.15, 0.2) is 51.8 Å². The van der Waals surface area contributed by atoms with Crippen LogP contribution in [0.3, 0.4) is 0 Å². The lowest BCUT2D eigenvalue weighted by atomic mass is 9.87. The number of aryl methyl sites for hydroxylation is 1. The molecule has 180 valence electrons. The zero-order valence-corrected chi connectivity index (χ0v) is 19.6.